The molecule has 2 atom stereocenters. The van der Waals surface area contributed by atoms with Gasteiger partial charge in [0, 0.05) is 13.1 Å². The van der Waals surface area contributed by atoms with Crippen molar-refractivity contribution in [3.63, 3.8) is 0 Å². The molecule has 0 N–H and O–H groups in total. The van der Waals surface area contributed by atoms with E-state index in [1.54, 1.807) is 22.3 Å². The molecule has 1 fully saturated rings. The predicted molar refractivity (Wildman–Crippen MR) is 87.4 cm³/mol. The summed E-state index contributed by atoms with van der Waals surface area (Å²) >= 11 is 1.60. The van der Waals surface area contributed by atoms with Gasteiger partial charge in [-0.05, 0) is 18.4 Å². The fraction of sp³-hybridized carbons (Fsp3) is 0.467. The van der Waals surface area contributed by atoms with Crippen molar-refractivity contribution < 1.29 is 9.26 Å². The van der Waals surface area contributed by atoms with Gasteiger partial charge >= 0.3 is 0 Å². The summed E-state index contributed by atoms with van der Waals surface area (Å²) in [6.45, 7) is 5.08. The largest absolute Gasteiger partial charge is 0.374 e. The highest BCUT2D eigenvalue weighted by Gasteiger charge is 2.28. The fourth-order valence-electron chi connectivity index (χ4n) is 2.81. The normalized spacial score (nSPS) is 20.3. The van der Waals surface area contributed by atoms with Gasteiger partial charge in [-0.15, -0.1) is 11.3 Å². The van der Waals surface area contributed by atoms with Crippen LogP contribution >= 0.6 is 11.3 Å². The second kappa shape index (κ2) is 6.80. The SMILES string of the molecule is CC(c1nc(-c2cccs2)no1)N1CCOC(Cn2cncn2)C1. The average molecular weight is 346 g/mol. The van der Waals surface area contributed by atoms with Crippen molar-refractivity contribution in [1.82, 2.24) is 29.8 Å². The lowest BCUT2D eigenvalue weighted by Crippen LogP contribution is -2.45. The molecule has 9 heteroatoms. The van der Waals surface area contributed by atoms with Gasteiger partial charge < -0.3 is 9.26 Å². The van der Waals surface area contributed by atoms with Gasteiger partial charge in [0.25, 0.3) is 0 Å². The summed E-state index contributed by atoms with van der Waals surface area (Å²) in [4.78, 5) is 11.8. The number of morpholine rings is 1. The number of thiophene rings is 1. The van der Waals surface area contributed by atoms with Gasteiger partial charge in [-0.3, -0.25) is 9.58 Å². The first-order chi connectivity index (χ1) is 11.8. The van der Waals surface area contributed by atoms with Crippen LogP contribution < -0.4 is 0 Å². The summed E-state index contributed by atoms with van der Waals surface area (Å²) in [5.74, 6) is 1.29. The molecule has 2 unspecified atom stereocenters. The van der Waals surface area contributed by atoms with Gasteiger partial charge in [0.05, 0.1) is 30.2 Å². The molecule has 0 amide bonds. The first kappa shape index (κ1) is 15.4. The second-order valence-corrected chi connectivity index (χ2v) is 6.66. The van der Waals surface area contributed by atoms with Gasteiger partial charge in [-0.1, -0.05) is 11.2 Å². The van der Waals surface area contributed by atoms with E-state index in [0.29, 0.717) is 24.9 Å². The molecule has 0 aliphatic carbocycles. The molecule has 0 radical (unpaired) electrons. The van der Waals surface area contributed by atoms with Crippen LogP contribution in [0, 0.1) is 0 Å². The Morgan fingerprint density at radius 2 is 2.42 bits per heavy atom. The van der Waals surface area contributed by atoms with Crippen molar-refractivity contribution in [3.05, 3.63) is 36.1 Å². The van der Waals surface area contributed by atoms with Crippen LogP contribution in [0.25, 0.3) is 10.7 Å². The minimum Gasteiger partial charge on any atom is -0.374 e. The summed E-state index contributed by atoms with van der Waals surface area (Å²) in [5.41, 5.74) is 0. The average Bonchev–Trinajstić information content (AvgIpc) is 3.35. The van der Waals surface area contributed by atoms with E-state index in [1.807, 2.05) is 17.5 Å². The highest BCUT2D eigenvalue weighted by Crippen LogP contribution is 2.26. The summed E-state index contributed by atoms with van der Waals surface area (Å²) < 4.78 is 13.1. The summed E-state index contributed by atoms with van der Waals surface area (Å²) in [5, 5.41) is 10.2. The minimum absolute atomic E-state index is 0.0494. The van der Waals surface area contributed by atoms with E-state index < -0.39 is 0 Å². The predicted octanol–water partition coefficient (Wildman–Crippen LogP) is 1.85. The molecular weight excluding hydrogens is 328 g/mol. The van der Waals surface area contributed by atoms with Crippen LogP contribution in [0.3, 0.4) is 0 Å². The fourth-order valence-corrected chi connectivity index (χ4v) is 3.46. The number of rotatable bonds is 5. The van der Waals surface area contributed by atoms with E-state index in [4.69, 9.17) is 9.26 Å². The zero-order chi connectivity index (χ0) is 16.4. The lowest BCUT2D eigenvalue weighted by atomic mass is 10.2. The number of ether oxygens (including phenoxy) is 1. The van der Waals surface area contributed by atoms with Gasteiger partial charge in [0.2, 0.25) is 11.7 Å². The molecule has 8 nitrogen and oxygen atoms in total. The van der Waals surface area contributed by atoms with E-state index in [-0.39, 0.29) is 12.1 Å². The third-order valence-corrected chi connectivity index (χ3v) is 4.98. The molecule has 1 saturated heterocycles. The molecule has 4 rings (SSSR count). The molecule has 0 spiro atoms. The van der Waals surface area contributed by atoms with Crippen molar-refractivity contribution in [2.75, 3.05) is 19.7 Å². The number of hydrogen-bond donors (Lipinski definition) is 0. The van der Waals surface area contributed by atoms with Crippen LogP contribution in [-0.4, -0.2) is 55.6 Å². The third-order valence-electron chi connectivity index (χ3n) is 4.12. The van der Waals surface area contributed by atoms with Gasteiger partial charge in [0.15, 0.2) is 0 Å². The Morgan fingerprint density at radius 3 is 3.21 bits per heavy atom. The van der Waals surface area contributed by atoms with Crippen LogP contribution in [0.1, 0.15) is 18.9 Å². The summed E-state index contributed by atoms with van der Waals surface area (Å²) in [6.07, 6.45) is 3.31. The maximum absolute atomic E-state index is 5.84. The van der Waals surface area contributed by atoms with Crippen molar-refractivity contribution in [2.45, 2.75) is 25.6 Å². The minimum atomic E-state index is 0.0494. The van der Waals surface area contributed by atoms with E-state index in [1.165, 1.54) is 6.33 Å². The smallest absolute Gasteiger partial charge is 0.244 e. The second-order valence-electron chi connectivity index (χ2n) is 5.71. The monoisotopic (exact) mass is 346 g/mol. The zero-order valence-electron chi connectivity index (χ0n) is 13.3. The number of aromatic nitrogens is 5. The van der Waals surface area contributed by atoms with E-state index in [2.05, 4.69) is 32.0 Å². The first-order valence-corrected chi connectivity index (χ1v) is 8.73. The Morgan fingerprint density at radius 1 is 1.46 bits per heavy atom. The molecule has 0 aromatic carbocycles. The van der Waals surface area contributed by atoms with Crippen LogP contribution in [-0.2, 0) is 11.3 Å². The number of hydrogen-bond acceptors (Lipinski definition) is 8. The first-order valence-electron chi connectivity index (χ1n) is 7.85. The summed E-state index contributed by atoms with van der Waals surface area (Å²) in [6, 6.07) is 4.02. The molecule has 24 heavy (non-hydrogen) atoms. The van der Waals surface area contributed by atoms with E-state index >= 15 is 0 Å². The molecule has 0 bridgehead atoms. The van der Waals surface area contributed by atoms with Crippen LogP contribution in [0.2, 0.25) is 0 Å². The van der Waals surface area contributed by atoms with E-state index in [0.717, 1.165) is 18.0 Å². The topological polar surface area (TPSA) is 82.1 Å². The van der Waals surface area contributed by atoms with Crippen LogP contribution in [0.4, 0.5) is 0 Å². The van der Waals surface area contributed by atoms with Crippen molar-refractivity contribution in [2.24, 2.45) is 0 Å². The lowest BCUT2D eigenvalue weighted by molar-refractivity contribution is -0.0532. The Kier molecular flexibility index (Phi) is 4.37. The van der Waals surface area contributed by atoms with Gasteiger partial charge in [-0.2, -0.15) is 10.1 Å². The highest BCUT2D eigenvalue weighted by molar-refractivity contribution is 7.13. The quantitative estimate of drug-likeness (QED) is 0.697. The third kappa shape index (κ3) is 3.23. The van der Waals surface area contributed by atoms with Crippen LogP contribution in [0.5, 0.6) is 0 Å². The molecule has 4 heterocycles. The maximum Gasteiger partial charge on any atom is 0.244 e. The molecule has 3 aromatic rings. The molecule has 1 aliphatic heterocycles. The standard InChI is InChI=1S/C15H18N6O2S/c1-11(15-18-14(19-23-15)13-3-2-6-24-13)20-4-5-22-12(7-20)8-21-10-16-9-17-21/h2-3,6,9-12H,4-5,7-8H2,1H3. The Bertz CT molecular complexity index is 757. The van der Waals surface area contributed by atoms with Crippen molar-refractivity contribution in [3.8, 4) is 10.7 Å². The molecule has 126 valence electrons. The Labute approximate surface area is 143 Å². The van der Waals surface area contributed by atoms with Gasteiger partial charge in [0.1, 0.15) is 12.7 Å². The molecule has 1 aliphatic rings. The van der Waals surface area contributed by atoms with Crippen molar-refractivity contribution in [1.29, 1.82) is 0 Å². The lowest BCUT2D eigenvalue weighted by Gasteiger charge is -2.35. The van der Waals surface area contributed by atoms with Crippen molar-refractivity contribution >= 4 is 11.3 Å². The maximum atomic E-state index is 5.84. The Hall–Kier alpha value is -2.10. The van der Waals surface area contributed by atoms with Crippen LogP contribution in [0.15, 0.2) is 34.7 Å². The number of nitrogens with zero attached hydrogens (tertiary/aromatic N) is 6. The molecule has 3 aromatic heterocycles. The summed E-state index contributed by atoms with van der Waals surface area (Å²) in [7, 11) is 0. The van der Waals surface area contributed by atoms with Gasteiger partial charge in [-0.25, -0.2) is 4.98 Å². The highest BCUT2D eigenvalue weighted by atomic mass is 32.1. The molecule has 0 saturated carbocycles. The zero-order valence-corrected chi connectivity index (χ0v) is 14.1. The Balaban J connectivity index is 1.43. The molecular formula is C15H18N6O2S. The van der Waals surface area contributed by atoms with E-state index in [9.17, 15) is 0 Å².